The number of hydrogen-bond donors (Lipinski definition) is 1. The highest BCUT2D eigenvalue weighted by Gasteiger charge is 2.43. The first-order valence-corrected chi connectivity index (χ1v) is 7.42. The second kappa shape index (κ2) is 4.09. The predicted molar refractivity (Wildman–Crippen MR) is 64.7 cm³/mol. The summed E-state index contributed by atoms with van der Waals surface area (Å²) in [5.41, 5.74) is 5.09. The third kappa shape index (κ3) is 2.41. The Hall–Kier alpha value is -1.35. The lowest BCUT2D eigenvalue weighted by Crippen LogP contribution is -2.74. The molecule has 0 radical (unpaired) electrons. The molecule has 2 N–H and O–H groups in total. The molecule has 1 aromatic heterocycles. The van der Waals surface area contributed by atoms with Crippen molar-refractivity contribution in [2.75, 3.05) is 36.6 Å². The smallest absolute Gasteiger partial charge is 0.296 e. The summed E-state index contributed by atoms with van der Waals surface area (Å²) in [5.74, 6) is 0.219. The molecule has 0 saturated carbocycles. The van der Waals surface area contributed by atoms with Crippen molar-refractivity contribution in [1.29, 1.82) is 0 Å². The zero-order valence-electron chi connectivity index (χ0n) is 10.7. The molecule has 2 rings (SSSR count). The lowest BCUT2D eigenvalue weighted by Gasteiger charge is -2.40. The van der Waals surface area contributed by atoms with Gasteiger partial charge < -0.3 is 5.73 Å². The summed E-state index contributed by atoms with van der Waals surface area (Å²) in [4.78, 5) is 1.52. The highest BCUT2D eigenvalue weighted by molar-refractivity contribution is 7.88. The standard InChI is InChI=1S/C9H18N5O3S/c1-9(2)7-12(18(3,15)16)4-5-13(9)14-6-8(10)17-11-14/h6H,4-5,7,10H2,1-3H3/q+1. The summed E-state index contributed by atoms with van der Waals surface area (Å²) in [5, 5.41) is 5.72. The van der Waals surface area contributed by atoms with E-state index < -0.39 is 15.6 Å². The van der Waals surface area contributed by atoms with Crippen LogP contribution in [0.5, 0.6) is 0 Å². The van der Waals surface area contributed by atoms with Crippen LogP contribution in [-0.4, -0.2) is 49.4 Å². The molecule has 9 heteroatoms. The SMILES string of the molecule is CC1(C)CN(S(C)(=O)=O)CCN1[n+]1cc(N)on1. The van der Waals surface area contributed by atoms with Gasteiger partial charge in [0.15, 0.2) is 0 Å². The van der Waals surface area contributed by atoms with E-state index in [-0.39, 0.29) is 5.88 Å². The maximum Gasteiger partial charge on any atom is 0.296 e. The molecule has 1 fully saturated rings. The lowest BCUT2D eigenvalue weighted by atomic mass is 10.0. The summed E-state index contributed by atoms with van der Waals surface area (Å²) in [6.45, 7) is 5.23. The van der Waals surface area contributed by atoms with E-state index in [4.69, 9.17) is 10.3 Å². The van der Waals surface area contributed by atoms with Crippen molar-refractivity contribution in [3.05, 3.63) is 6.20 Å². The predicted octanol–water partition coefficient (Wildman–Crippen LogP) is -1.46. The van der Waals surface area contributed by atoms with Crippen LogP contribution in [0.15, 0.2) is 10.7 Å². The minimum atomic E-state index is -3.17. The molecule has 1 aromatic rings. The number of nitrogens with zero attached hydrogens (tertiary/aromatic N) is 4. The number of nitrogens with two attached hydrogens (primary N) is 1. The number of sulfonamides is 1. The second-order valence-electron chi connectivity index (χ2n) is 5.06. The summed E-state index contributed by atoms with van der Waals surface area (Å²) in [6, 6.07) is 0. The van der Waals surface area contributed by atoms with Crippen molar-refractivity contribution in [2.24, 2.45) is 0 Å². The largest absolute Gasteiger partial charge is 0.362 e. The van der Waals surface area contributed by atoms with Gasteiger partial charge in [0.2, 0.25) is 15.3 Å². The maximum atomic E-state index is 11.6. The van der Waals surface area contributed by atoms with Crippen molar-refractivity contribution in [3.8, 4) is 0 Å². The molecular formula is C9H18N5O3S+. The molecule has 2 heterocycles. The van der Waals surface area contributed by atoms with E-state index in [2.05, 4.69) is 5.27 Å². The topological polar surface area (TPSA) is 96.6 Å². The highest BCUT2D eigenvalue weighted by Crippen LogP contribution is 2.18. The second-order valence-corrected chi connectivity index (χ2v) is 7.04. The molecular weight excluding hydrogens is 258 g/mol. The first-order chi connectivity index (χ1) is 8.20. The molecule has 0 amide bonds. The van der Waals surface area contributed by atoms with Crippen LogP contribution in [-0.2, 0) is 10.0 Å². The first-order valence-electron chi connectivity index (χ1n) is 5.57. The van der Waals surface area contributed by atoms with Crippen molar-refractivity contribution < 1.29 is 17.7 Å². The van der Waals surface area contributed by atoms with Crippen LogP contribution >= 0.6 is 0 Å². The van der Waals surface area contributed by atoms with Crippen molar-refractivity contribution >= 4 is 15.9 Å². The Morgan fingerprint density at radius 2 is 2.17 bits per heavy atom. The Balaban J connectivity index is 2.23. The van der Waals surface area contributed by atoms with Gasteiger partial charge in [-0.2, -0.15) is 4.31 Å². The van der Waals surface area contributed by atoms with E-state index in [1.807, 2.05) is 18.9 Å². The van der Waals surface area contributed by atoms with E-state index in [1.54, 1.807) is 6.20 Å². The van der Waals surface area contributed by atoms with Gasteiger partial charge >= 0.3 is 0 Å². The molecule has 0 atom stereocenters. The third-order valence-electron chi connectivity index (χ3n) is 3.01. The van der Waals surface area contributed by atoms with Gasteiger partial charge in [-0.3, -0.25) is 4.52 Å². The van der Waals surface area contributed by atoms with Crippen LogP contribution in [0, 0.1) is 0 Å². The van der Waals surface area contributed by atoms with Gasteiger partial charge in [0, 0.05) is 13.1 Å². The number of nitrogen functional groups attached to an aromatic ring is 1. The van der Waals surface area contributed by atoms with Crippen molar-refractivity contribution in [2.45, 2.75) is 19.4 Å². The fraction of sp³-hybridized carbons (Fsp3) is 0.778. The van der Waals surface area contributed by atoms with Crippen LogP contribution in [0.1, 0.15) is 13.8 Å². The number of hydrogen-bond acceptors (Lipinski definition) is 6. The number of aromatic nitrogens is 2. The summed E-state index contributed by atoms with van der Waals surface area (Å²) < 4.78 is 29.4. The molecule has 0 aliphatic carbocycles. The van der Waals surface area contributed by atoms with E-state index >= 15 is 0 Å². The number of rotatable bonds is 2. The molecule has 0 aromatic carbocycles. The lowest BCUT2D eigenvalue weighted by molar-refractivity contribution is -0.766. The van der Waals surface area contributed by atoms with Gasteiger partial charge in [0.25, 0.3) is 12.1 Å². The average Bonchev–Trinajstić information content (AvgIpc) is 2.61. The van der Waals surface area contributed by atoms with Crippen LogP contribution in [0.2, 0.25) is 0 Å². The molecule has 1 saturated heterocycles. The number of anilines is 1. The Morgan fingerprint density at radius 1 is 1.50 bits per heavy atom. The summed E-state index contributed by atoms with van der Waals surface area (Å²) in [6.07, 6.45) is 2.79. The van der Waals surface area contributed by atoms with Gasteiger partial charge in [0.1, 0.15) is 5.54 Å². The molecule has 1 aliphatic heterocycles. The van der Waals surface area contributed by atoms with E-state index in [0.29, 0.717) is 19.6 Å². The Labute approximate surface area is 106 Å². The highest BCUT2D eigenvalue weighted by atomic mass is 32.2. The fourth-order valence-corrected chi connectivity index (χ4v) is 3.09. The van der Waals surface area contributed by atoms with Crippen molar-refractivity contribution in [3.63, 3.8) is 0 Å². The normalized spacial score (nSPS) is 21.2. The minimum Gasteiger partial charge on any atom is -0.362 e. The van der Waals surface area contributed by atoms with E-state index in [9.17, 15) is 8.42 Å². The molecule has 1 aliphatic rings. The van der Waals surface area contributed by atoms with Crippen LogP contribution in [0.4, 0.5) is 5.88 Å². The zero-order chi connectivity index (χ0) is 13.6. The molecule has 18 heavy (non-hydrogen) atoms. The molecule has 102 valence electrons. The van der Waals surface area contributed by atoms with E-state index in [1.165, 1.54) is 15.4 Å². The summed E-state index contributed by atoms with van der Waals surface area (Å²) >= 11 is 0. The molecule has 0 unspecified atom stereocenters. The Morgan fingerprint density at radius 3 is 2.61 bits per heavy atom. The van der Waals surface area contributed by atoms with Gasteiger partial charge in [0.05, 0.1) is 17.6 Å². The average molecular weight is 276 g/mol. The minimum absolute atomic E-state index is 0.219. The van der Waals surface area contributed by atoms with Gasteiger partial charge in [-0.1, -0.05) is 0 Å². The number of piperazine rings is 1. The van der Waals surface area contributed by atoms with Crippen LogP contribution in [0.25, 0.3) is 0 Å². The quantitative estimate of drug-likeness (QED) is 0.663. The van der Waals surface area contributed by atoms with Gasteiger partial charge in [-0.05, 0) is 13.8 Å². The first kappa shape index (κ1) is 13.1. The van der Waals surface area contributed by atoms with Crippen LogP contribution in [0.3, 0.4) is 0 Å². The summed E-state index contributed by atoms with van der Waals surface area (Å²) in [7, 11) is -3.17. The zero-order valence-corrected chi connectivity index (χ0v) is 11.5. The third-order valence-corrected chi connectivity index (χ3v) is 4.26. The van der Waals surface area contributed by atoms with E-state index in [0.717, 1.165) is 0 Å². The monoisotopic (exact) mass is 276 g/mol. The van der Waals surface area contributed by atoms with Crippen molar-refractivity contribution in [1.82, 2.24) is 9.58 Å². The molecule has 0 spiro atoms. The van der Waals surface area contributed by atoms with Gasteiger partial charge in [-0.25, -0.2) is 8.42 Å². The maximum absolute atomic E-state index is 11.6. The van der Waals surface area contributed by atoms with Gasteiger partial charge in [-0.15, -0.1) is 5.01 Å². The van der Waals surface area contributed by atoms with Crippen LogP contribution < -0.4 is 15.5 Å². The Kier molecular flexibility index (Phi) is 2.98. The molecule has 8 nitrogen and oxygen atoms in total. The Bertz CT molecular complexity index is 538. The fourth-order valence-electron chi connectivity index (χ4n) is 2.13. The molecule has 0 bridgehead atoms.